The molecule has 0 unspecified atom stereocenters. The van der Waals surface area contributed by atoms with Crippen molar-refractivity contribution in [2.45, 2.75) is 6.92 Å². The number of fused-ring (bicyclic) bond motifs is 1. The van der Waals surface area contributed by atoms with Crippen LogP contribution in [0.2, 0.25) is 0 Å². The Balaban J connectivity index is 0.00000161. The van der Waals surface area contributed by atoms with Crippen molar-refractivity contribution in [3.63, 3.8) is 0 Å². The van der Waals surface area contributed by atoms with Crippen LogP contribution in [0.15, 0.2) is 30.3 Å². The van der Waals surface area contributed by atoms with Crippen molar-refractivity contribution in [3.8, 4) is 5.88 Å². The molecule has 0 bridgehead atoms. The number of aryl methyl sites for hydroxylation is 1. The molecule has 21 heavy (non-hydrogen) atoms. The van der Waals surface area contributed by atoms with Crippen molar-refractivity contribution in [1.82, 2.24) is 9.88 Å². The molecule has 1 fully saturated rings. The summed E-state index contributed by atoms with van der Waals surface area (Å²) in [5, 5.41) is 1.19. The third-order valence-corrected chi connectivity index (χ3v) is 3.66. The summed E-state index contributed by atoms with van der Waals surface area (Å²) in [5.41, 5.74) is 2.20. The second kappa shape index (κ2) is 7.59. The number of hydrogen-bond donors (Lipinski definition) is 0. The summed E-state index contributed by atoms with van der Waals surface area (Å²) in [6.07, 6.45) is 0. The maximum absolute atomic E-state index is 5.80. The van der Waals surface area contributed by atoms with Crippen LogP contribution in [0.3, 0.4) is 0 Å². The number of hydrogen-bond acceptors (Lipinski definition) is 4. The number of nitrogens with zero attached hydrogens (tertiary/aromatic N) is 2. The summed E-state index contributed by atoms with van der Waals surface area (Å²) < 4.78 is 11.1. The first kappa shape index (κ1) is 16.0. The first-order chi connectivity index (χ1) is 9.83. The van der Waals surface area contributed by atoms with Gasteiger partial charge in [-0.2, -0.15) is 0 Å². The van der Waals surface area contributed by atoms with Crippen LogP contribution in [0.4, 0.5) is 0 Å². The van der Waals surface area contributed by atoms with Gasteiger partial charge in [0.15, 0.2) is 0 Å². The zero-order valence-corrected chi connectivity index (χ0v) is 13.0. The van der Waals surface area contributed by atoms with E-state index in [1.807, 2.05) is 24.3 Å². The highest BCUT2D eigenvalue weighted by molar-refractivity contribution is 5.82. The number of rotatable bonds is 4. The summed E-state index contributed by atoms with van der Waals surface area (Å²) in [5.74, 6) is 0.717. The molecule has 1 aromatic carbocycles. The fourth-order valence-electron chi connectivity index (χ4n) is 2.50. The highest BCUT2D eigenvalue weighted by Crippen LogP contribution is 2.20. The van der Waals surface area contributed by atoms with Crippen molar-refractivity contribution in [2.75, 3.05) is 39.5 Å². The minimum atomic E-state index is 0. The van der Waals surface area contributed by atoms with Crippen LogP contribution in [-0.2, 0) is 4.74 Å². The standard InChI is InChI=1S/C16H20N2O2.ClH/c1-13-12-16(17-15-5-3-2-4-14(13)15)20-11-8-18-6-9-19-10-7-18;/h2-5,12H,6-11H2,1H3;1H/p-1. The molecule has 1 saturated heterocycles. The van der Waals surface area contributed by atoms with E-state index in [0.717, 1.165) is 44.2 Å². The third-order valence-electron chi connectivity index (χ3n) is 3.66. The summed E-state index contributed by atoms with van der Waals surface area (Å²) in [4.78, 5) is 6.91. The number of pyridine rings is 1. The fraction of sp³-hybridized carbons (Fsp3) is 0.438. The van der Waals surface area contributed by atoms with E-state index < -0.39 is 0 Å². The van der Waals surface area contributed by atoms with E-state index in [1.54, 1.807) is 0 Å². The topological polar surface area (TPSA) is 34.6 Å². The van der Waals surface area contributed by atoms with Crippen molar-refractivity contribution >= 4 is 10.9 Å². The summed E-state index contributed by atoms with van der Waals surface area (Å²) >= 11 is 0. The van der Waals surface area contributed by atoms with E-state index in [9.17, 15) is 0 Å². The Morgan fingerprint density at radius 2 is 2.00 bits per heavy atom. The van der Waals surface area contributed by atoms with Gasteiger partial charge >= 0.3 is 0 Å². The molecule has 1 aliphatic rings. The van der Waals surface area contributed by atoms with E-state index >= 15 is 0 Å². The summed E-state index contributed by atoms with van der Waals surface area (Å²) in [6, 6.07) is 10.2. The first-order valence-electron chi connectivity index (χ1n) is 7.12. The monoisotopic (exact) mass is 307 g/mol. The van der Waals surface area contributed by atoms with Crippen molar-refractivity contribution in [1.29, 1.82) is 0 Å². The molecule has 0 spiro atoms. The van der Waals surface area contributed by atoms with Gasteiger partial charge in [0.2, 0.25) is 5.88 Å². The molecule has 1 aromatic heterocycles. The Bertz CT molecular complexity index is 585. The Kier molecular flexibility index (Phi) is 5.79. The quantitative estimate of drug-likeness (QED) is 0.745. The van der Waals surface area contributed by atoms with Crippen LogP contribution in [-0.4, -0.2) is 49.3 Å². The molecule has 0 N–H and O–H groups in total. The maximum Gasteiger partial charge on any atom is 0.214 e. The predicted octanol–water partition coefficient (Wildman–Crippen LogP) is -0.742. The summed E-state index contributed by atoms with van der Waals surface area (Å²) in [7, 11) is 0. The van der Waals surface area contributed by atoms with Crippen molar-refractivity contribution < 1.29 is 21.9 Å². The Labute approximate surface area is 131 Å². The molecule has 3 rings (SSSR count). The molecule has 2 aromatic rings. The number of ether oxygens (including phenoxy) is 2. The molecule has 1 aliphatic heterocycles. The van der Waals surface area contributed by atoms with Gasteiger partial charge in [-0.25, -0.2) is 4.98 Å². The Morgan fingerprint density at radius 1 is 1.24 bits per heavy atom. The molecular weight excluding hydrogens is 288 g/mol. The van der Waals surface area contributed by atoms with E-state index in [-0.39, 0.29) is 12.4 Å². The lowest BCUT2D eigenvalue weighted by molar-refractivity contribution is -0.00000745. The Hall–Kier alpha value is -1.36. The van der Waals surface area contributed by atoms with Gasteiger partial charge < -0.3 is 21.9 Å². The lowest BCUT2D eigenvalue weighted by Gasteiger charge is -2.26. The van der Waals surface area contributed by atoms with Gasteiger partial charge in [-0.15, -0.1) is 0 Å². The number of morpholine rings is 1. The smallest absolute Gasteiger partial charge is 0.214 e. The molecule has 0 aliphatic carbocycles. The van der Waals surface area contributed by atoms with Crippen LogP contribution in [0.25, 0.3) is 10.9 Å². The largest absolute Gasteiger partial charge is 1.00 e. The van der Waals surface area contributed by atoms with Gasteiger partial charge in [0.05, 0.1) is 18.7 Å². The van der Waals surface area contributed by atoms with E-state index in [4.69, 9.17) is 9.47 Å². The molecule has 5 heteroatoms. The van der Waals surface area contributed by atoms with E-state index in [2.05, 4.69) is 22.9 Å². The van der Waals surface area contributed by atoms with Crippen LogP contribution in [0.5, 0.6) is 5.88 Å². The van der Waals surface area contributed by atoms with Gasteiger partial charge in [0, 0.05) is 31.1 Å². The highest BCUT2D eigenvalue weighted by Gasteiger charge is 2.10. The molecule has 0 saturated carbocycles. The molecule has 0 radical (unpaired) electrons. The normalized spacial score (nSPS) is 15.7. The zero-order chi connectivity index (χ0) is 13.8. The van der Waals surface area contributed by atoms with Crippen LogP contribution in [0.1, 0.15) is 5.56 Å². The lowest BCUT2D eigenvalue weighted by atomic mass is 10.1. The molecule has 114 valence electrons. The first-order valence-corrected chi connectivity index (χ1v) is 7.12. The number of para-hydroxylation sites is 1. The van der Waals surface area contributed by atoms with E-state index in [1.165, 1.54) is 10.9 Å². The number of halogens is 1. The molecule has 4 nitrogen and oxygen atoms in total. The number of aromatic nitrogens is 1. The minimum absolute atomic E-state index is 0. The number of benzene rings is 1. The minimum Gasteiger partial charge on any atom is -1.00 e. The lowest BCUT2D eigenvalue weighted by Crippen LogP contribution is -3.00. The predicted molar refractivity (Wildman–Crippen MR) is 79.2 cm³/mol. The van der Waals surface area contributed by atoms with Crippen LogP contribution < -0.4 is 17.1 Å². The maximum atomic E-state index is 5.80. The Morgan fingerprint density at radius 3 is 2.81 bits per heavy atom. The van der Waals surface area contributed by atoms with Gasteiger partial charge in [0.1, 0.15) is 6.61 Å². The molecule has 0 atom stereocenters. The van der Waals surface area contributed by atoms with Gasteiger partial charge in [-0.05, 0) is 18.6 Å². The molecule has 0 amide bonds. The fourth-order valence-corrected chi connectivity index (χ4v) is 2.50. The average Bonchev–Trinajstić information content (AvgIpc) is 2.48. The van der Waals surface area contributed by atoms with Gasteiger partial charge in [0.25, 0.3) is 0 Å². The van der Waals surface area contributed by atoms with Crippen molar-refractivity contribution in [2.24, 2.45) is 0 Å². The third kappa shape index (κ3) is 4.06. The van der Waals surface area contributed by atoms with Crippen LogP contribution in [0, 0.1) is 6.92 Å². The van der Waals surface area contributed by atoms with Gasteiger partial charge in [-0.3, -0.25) is 4.90 Å². The second-order valence-corrected chi connectivity index (χ2v) is 5.10. The molecule has 2 heterocycles. The summed E-state index contributed by atoms with van der Waals surface area (Å²) in [6.45, 7) is 7.34. The average molecular weight is 308 g/mol. The molecular formula is C16H20ClN2O2-. The van der Waals surface area contributed by atoms with Gasteiger partial charge in [-0.1, -0.05) is 18.2 Å². The highest BCUT2D eigenvalue weighted by atomic mass is 35.5. The SMILES string of the molecule is Cc1cc(OCCN2CCOCC2)nc2ccccc12.[Cl-]. The van der Waals surface area contributed by atoms with Crippen molar-refractivity contribution in [3.05, 3.63) is 35.9 Å². The second-order valence-electron chi connectivity index (χ2n) is 5.10. The van der Waals surface area contributed by atoms with E-state index in [0.29, 0.717) is 6.61 Å². The van der Waals surface area contributed by atoms with Crippen LogP contribution >= 0.6 is 0 Å². The zero-order valence-electron chi connectivity index (χ0n) is 12.2.